The SMILES string of the molecule is COc1ccc(C2CCOCC2)c2nc(NC(=O)c3cncs3)[nH]c12. The lowest BCUT2D eigenvalue weighted by molar-refractivity contribution is 0.0856. The van der Waals surface area contributed by atoms with Gasteiger partial charge in [0.15, 0.2) is 0 Å². The largest absolute Gasteiger partial charge is 0.494 e. The minimum Gasteiger partial charge on any atom is -0.494 e. The topological polar surface area (TPSA) is 89.1 Å². The first-order valence-corrected chi connectivity index (χ1v) is 8.98. The van der Waals surface area contributed by atoms with E-state index < -0.39 is 0 Å². The van der Waals surface area contributed by atoms with Crippen LogP contribution in [0, 0.1) is 0 Å². The molecule has 0 saturated carbocycles. The predicted molar refractivity (Wildman–Crippen MR) is 95.5 cm³/mol. The summed E-state index contributed by atoms with van der Waals surface area (Å²) in [6, 6.07) is 4.01. The number of imidazole rings is 1. The number of nitrogens with zero attached hydrogens (tertiary/aromatic N) is 2. The molecule has 0 bridgehead atoms. The average molecular weight is 358 g/mol. The number of aromatic amines is 1. The van der Waals surface area contributed by atoms with E-state index in [-0.39, 0.29) is 5.91 Å². The van der Waals surface area contributed by atoms with E-state index in [2.05, 4.69) is 26.3 Å². The number of hydrogen-bond acceptors (Lipinski definition) is 6. The minimum absolute atomic E-state index is 0.229. The van der Waals surface area contributed by atoms with Crippen LogP contribution in [-0.4, -0.2) is 41.2 Å². The van der Waals surface area contributed by atoms with Crippen molar-refractivity contribution in [2.75, 3.05) is 25.6 Å². The molecule has 130 valence electrons. The van der Waals surface area contributed by atoms with Gasteiger partial charge in [-0.3, -0.25) is 15.1 Å². The van der Waals surface area contributed by atoms with Crippen molar-refractivity contribution >= 4 is 34.2 Å². The van der Waals surface area contributed by atoms with Crippen LogP contribution in [0.2, 0.25) is 0 Å². The smallest absolute Gasteiger partial charge is 0.269 e. The van der Waals surface area contributed by atoms with Crippen LogP contribution in [0.3, 0.4) is 0 Å². The second-order valence-electron chi connectivity index (χ2n) is 5.87. The van der Waals surface area contributed by atoms with Gasteiger partial charge in [-0.15, -0.1) is 11.3 Å². The van der Waals surface area contributed by atoms with Crippen LogP contribution in [0.1, 0.15) is 34.0 Å². The highest BCUT2D eigenvalue weighted by Crippen LogP contribution is 2.36. The van der Waals surface area contributed by atoms with Crippen molar-refractivity contribution in [3.8, 4) is 5.75 Å². The Labute approximate surface area is 148 Å². The van der Waals surface area contributed by atoms with E-state index in [0.717, 1.165) is 42.7 Å². The van der Waals surface area contributed by atoms with Crippen LogP contribution in [0.5, 0.6) is 5.75 Å². The second-order valence-corrected chi connectivity index (χ2v) is 6.76. The highest BCUT2D eigenvalue weighted by molar-refractivity contribution is 7.11. The van der Waals surface area contributed by atoms with Gasteiger partial charge in [0.1, 0.15) is 16.1 Å². The number of rotatable bonds is 4. The van der Waals surface area contributed by atoms with Crippen molar-refractivity contribution in [3.05, 3.63) is 34.3 Å². The molecule has 1 saturated heterocycles. The van der Waals surface area contributed by atoms with Gasteiger partial charge < -0.3 is 14.5 Å². The van der Waals surface area contributed by atoms with Gasteiger partial charge in [0, 0.05) is 13.2 Å². The molecule has 1 amide bonds. The highest BCUT2D eigenvalue weighted by atomic mass is 32.1. The van der Waals surface area contributed by atoms with Crippen molar-refractivity contribution in [1.29, 1.82) is 0 Å². The predicted octanol–water partition coefficient (Wildman–Crippen LogP) is 3.17. The van der Waals surface area contributed by atoms with E-state index in [1.807, 2.05) is 6.07 Å². The second kappa shape index (κ2) is 6.81. The molecule has 4 rings (SSSR count). The van der Waals surface area contributed by atoms with Gasteiger partial charge in [0.05, 0.1) is 24.3 Å². The van der Waals surface area contributed by atoms with Gasteiger partial charge in [-0.1, -0.05) is 6.07 Å². The van der Waals surface area contributed by atoms with E-state index in [4.69, 9.17) is 9.47 Å². The maximum absolute atomic E-state index is 12.2. The van der Waals surface area contributed by atoms with Crippen LogP contribution >= 0.6 is 11.3 Å². The van der Waals surface area contributed by atoms with Crippen molar-refractivity contribution < 1.29 is 14.3 Å². The third-order valence-corrected chi connectivity index (χ3v) is 5.18. The molecule has 1 aromatic carbocycles. The van der Waals surface area contributed by atoms with E-state index in [1.165, 1.54) is 17.5 Å². The number of aromatic nitrogens is 3. The van der Waals surface area contributed by atoms with Gasteiger partial charge in [0.2, 0.25) is 5.95 Å². The molecule has 2 aromatic heterocycles. The summed E-state index contributed by atoms with van der Waals surface area (Å²) < 4.78 is 10.9. The Bertz CT molecular complexity index is 885. The summed E-state index contributed by atoms with van der Waals surface area (Å²) in [6.45, 7) is 1.52. The van der Waals surface area contributed by atoms with Crippen LogP contribution in [0.15, 0.2) is 23.8 Å². The molecular formula is C17H18N4O3S. The number of methoxy groups -OCH3 is 1. The first kappa shape index (κ1) is 16.0. The summed E-state index contributed by atoms with van der Waals surface area (Å²) in [7, 11) is 1.62. The molecule has 0 atom stereocenters. The summed E-state index contributed by atoms with van der Waals surface area (Å²) in [5.74, 6) is 1.28. The number of ether oxygens (including phenoxy) is 2. The van der Waals surface area contributed by atoms with Gasteiger partial charge in [-0.05, 0) is 30.4 Å². The average Bonchev–Trinajstić information content (AvgIpc) is 3.31. The number of carbonyl (C=O) groups excluding carboxylic acids is 1. The lowest BCUT2D eigenvalue weighted by Crippen LogP contribution is -2.14. The fourth-order valence-corrected chi connectivity index (χ4v) is 3.67. The first-order valence-electron chi connectivity index (χ1n) is 8.10. The summed E-state index contributed by atoms with van der Waals surface area (Å²) in [5.41, 5.74) is 4.42. The number of hydrogen-bond donors (Lipinski definition) is 2. The molecule has 25 heavy (non-hydrogen) atoms. The molecule has 3 heterocycles. The molecule has 3 aromatic rings. The van der Waals surface area contributed by atoms with E-state index in [9.17, 15) is 4.79 Å². The molecular weight excluding hydrogens is 340 g/mol. The third-order valence-electron chi connectivity index (χ3n) is 4.41. The molecule has 7 nitrogen and oxygen atoms in total. The van der Waals surface area contributed by atoms with Crippen molar-refractivity contribution in [2.24, 2.45) is 0 Å². The normalized spacial score (nSPS) is 15.4. The summed E-state index contributed by atoms with van der Waals surface area (Å²) in [5, 5.41) is 2.80. The number of thiazole rings is 1. The number of H-pyrrole nitrogens is 1. The lowest BCUT2D eigenvalue weighted by Gasteiger charge is -2.22. The van der Waals surface area contributed by atoms with E-state index in [0.29, 0.717) is 22.5 Å². The standard InChI is InChI=1S/C17H18N4O3S/c1-23-12-3-2-11(10-4-6-24-7-5-10)14-15(12)20-17(19-14)21-16(22)13-8-18-9-25-13/h2-3,8-10H,4-7H2,1H3,(H2,19,20,21,22). The molecule has 1 aliphatic heterocycles. The van der Waals surface area contributed by atoms with Gasteiger partial charge in [-0.25, -0.2) is 4.98 Å². The Morgan fingerprint density at radius 1 is 1.40 bits per heavy atom. The number of fused-ring (bicyclic) bond motifs is 1. The Balaban J connectivity index is 1.70. The quantitative estimate of drug-likeness (QED) is 0.748. The molecule has 0 aliphatic carbocycles. The molecule has 1 fully saturated rings. The highest BCUT2D eigenvalue weighted by Gasteiger charge is 2.22. The van der Waals surface area contributed by atoms with Gasteiger partial charge >= 0.3 is 0 Å². The zero-order valence-electron chi connectivity index (χ0n) is 13.7. The maximum atomic E-state index is 12.2. The molecule has 0 unspecified atom stereocenters. The van der Waals surface area contributed by atoms with Crippen LogP contribution in [-0.2, 0) is 4.74 Å². The Morgan fingerprint density at radius 3 is 2.96 bits per heavy atom. The molecule has 2 N–H and O–H groups in total. The molecule has 8 heteroatoms. The summed E-state index contributed by atoms with van der Waals surface area (Å²) in [4.78, 5) is 24.5. The summed E-state index contributed by atoms with van der Waals surface area (Å²) in [6.07, 6.45) is 3.48. The van der Waals surface area contributed by atoms with Gasteiger partial charge in [-0.2, -0.15) is 0 Å². The van der Waals surface area contributed by atoms with Gasteiger partial charge in [0.25, 0.3) is 5.91 Å². The monoisotopic (exact) mass is 358 g/mol. The molecule has 1 aliphatic rings. The summed E-state index contributed by atoms with van der Waals surface area (Å²) >= 11 is 1.29. The zero-order chi connectivity index (χ0) is 17.2. The Morgan fingerprint density at radius 2 is 2.24 bits per heavy atom. The Kier molecular flexibility index (Phi) is 4.37. The lowest BCUT2D eigenvalue weighted by atomic mass is 9.90. The molecule has 0 radical (unpaired) electrons. The van der Waals surface area contributed by atoms with Crippen molar-refractivity contribution in [1.82, 2.24) is 15.0 Å². The number of anilines is 1. The van der Waals surface area contributed by atoms with E-state index >= 15 is 0 Å². The number of carbonyl (C=O) groups is 1. The zero-order valence-corrected chi connectivity index (χ0v) is 14.6. The first-order chi connectivity index (χ1) is 12.3. The van der Waals surface area contributed by atoms with Crippen molar-refractivity contribution in [3.63, 3.8) is 0 Å². The maximum Gasteiger partial charge on any atom is 0.269 e. The number of amides is 1. The van der Waals surface area contributed by atoms with Crippen LogP contribution < -0.4 is 10.1 Å². The van der Waals surface area contributed by atoms with Crippen LogP contribution in [0.25, 0.3) is 11.0 Å². The number of nitrogens with one attached hydrogen (secondary N) is 2. The fraction of sp³-hybridized carbons (Fsp3) is 0.353. The third kappa shape index (κ3) is 3.10. The molecule has 0 spiro atoms. The van der Waals surface area contributed by atoms with Crippen molar-refractivity contribution in [2.45, 2.75) is 18.8 Å². The Hall–Kier alpha value is -2.45. The van der Waals surface area contributed by atoms with E-state index in [1.54, 1.807) is 12.6 Å². The number of benzene rings is 1. The fourth-order valence-electron chi connectivity index (χ4n) is 3.15. The van der Waals surface area contributed by atoms with Crippen LogP contribution in [0.4, 0.5) is 5.95 Å². The minimum atomic E-state index is -0.229.